The summed E-state index contributed by atoms with van der Waals surface area (Å²) < 4.78 is 3.39. The van der Waals surface area contributed by atoms with Gasteiger partial charge in [-0.1, -0.05) is 34.1 Å². The van der Waals surface area contributed by atoms with Crippen LogP contribution in [-0.2, 0) is 19.5 Å². The fourth-order valence-electron chi connectivity index (χ4n) is 2.49. The van der Waals surface area contributed by atoms with Crippen LogP contribution < -0.4 is 5.32 Å². The van der Waals surface area contributed by atoms with Crippen LogP contribution in [0.25, 0.3) is 0 Å². The molecule has 0 aliphatic carbocycles. The van der Waals surface area contributed by atoms with E-state index in [2.05, 4.69) is 61.1 Å². The normalized spacial score (nSPS) is 15.5. The van der Waals surface area contributed by atoms with Crippen LogP contribution in [0.5, 0.6) is 0 Å². The molecule has 0 bridgehead atoms. The van der Waals surface area contributed by atoms with Crippen molar-refractivity contribution in [1.82, 2.24) is 20.1 Å². The summed E-state index contributed by atoms with van der Waals surface area (Å²) in [7, 11) is 0. The van der Waals surface area contributed by atoms with Gasteiger partial charge < -0.3 is 9.88 Å². The molecule has 1 aromatic carbocycles. The monoisotopic (exact) mass is 320 g/mol. The lowest BCUT2D eigenvalue weighted by molar-refractivity contribution is 0.515. The number of nitrogens with zero attached hydrogens (tertiary/aromatic N) is 3. The van der Waals surface area contributed by atoms with E-state index in [1.165, 1.54) is 12.0 Å². The van der Waals surface area contributed by atoms with E-state index in [0.29, 0.717) is 0 Å². The van der Waals surface area contributed by atoms with E-state index in [4.69, 9.17) is 0 Å². The lowest BCUT2D eigenvalue weighted by atomic mass is 10.2. The van der Waals surface area contributed by atoms with Gasteiger partial charge >= 0.3 is 0 Å². The minimum atomic E-state index is 0.214. The van der Waals surface area contributed by atoms with E-state index in [1.807, 2.05) is 6.07 Å². The van der Waals surface area contributed by atoms with Crippen molar-refractivity contribution >= 4 is 15.9 Å². The Hall–Kier alpha value is -1.20. The Bertz CT molecular complexity index is 579. The SMILES string of the molecule is C[C@@H](NCc1ccccc1Br)c1nnc2n1CCC2. The highest BCUT2D eigenvalue weighted by Crippen LogP contribution is 2.20. The molecule has 19 heavy (non-hydrogen) atoms. The van der Waals surface area contributed by atoms with E-state index in [1.54, 1.807) is 0 Å². The van der Waals surface area contributed by atoms with Gasteiger partial charge in [-0.2, -0.15) is 0 Å². The predicted octanol–water partition coefficient (Wildman–Crippen LogP) is 2.84. The van der Waals surface area contributed by atoms with Crippen molar-refractivity contribution in [2.24, 2.45) is 0 Å². The van der Waals surface area contributed by atoms with Crippen LogP contribution in [-0.4, -0.2) is 14.8 Å². The third-order valence-electron chi connectivity index (χ3n) is 3.58. The zero-order chi connectivity index (χ0) is 13.2. The summed E-state index contributed by atoms with van der Waals surface area (Å²) in [4.78, 5) is 0. The highest BCUT2D eigenvalue weighted by atomic mass is 79.9. The third-order valence-corrected chi connectivity index (χ3v) is 4.36. The van der Waals surface area contributed by atoms with Crippen LogP contribution in [0.15, 0.2) is 28.7 Å². The summed E-state index contributed by atoms with van der Waals surface area (Å²) in [5, 5.41) is 12.1. The van der Waals surface area contributed by atoms with Crippen molar-refractivity contribution in [3.05, 3.63) is 46.0 Å². The number of nitrogens with one attached hydrogen (secondary N) is 1. The number of hydrogen-bond acceptors (Lipinski definition) is 3. The molecule has 100 valence electrons. The second-order valence-corrected chi connectivity index (χ2v) is 5.78. The largest absolute Gasteiger partial charge is 0.314 e. The smallest absolute Gasteiger partial charge is 0.149 e. The van der Waals surface area contributed by atoms with Gasteiger partial charge in [-0.15, -0.1) is 10.2 Å². The molecule has 5 heteroatoms. The first kappa shape index (κ1) is 12.8. The Morgan fingerprint density at radius 2 is 2.21 bits per heavy atom. The minimum Gasteiger partial charge on any atom is -0.314 e. The molecule has 0 saturated heterocycles. The van der Waals surface area contributed by atoms with Gasteiger partial charge in [-0.3, -0.25) is 0 Å². The van der Waals surface area contributed by atoms with Crippen LogP contribution in [0.3, 0.4) is 0 Å². The highest BCUT2D eigenvalue weighted by Gasteiger charge is 2.20. The fraction of sp³-hybridized carbons (Fsp3) is 0.429. The average molecular weight is 321 g/mol. The topological polar surface area (TPSA) is 42.7 Å². The molecule has 2 heterocycles. The number of aryl methyl sites for hydroxylation is 1. The summed E-state index contributed by atoms with van der Waals surface area (Å²) in [6.07, 6.45) is 2.25. The van der Waals surface area contributed by atoms with Crippen LogP contribution in [0.4, 0.5) is 0 Å². The molecule has 0 spiro atoms. The average Bonchev–Trinajstić information content (AvgIpc) is 2.99. The van der Waals surface area contributed by atoms with Gasteiger partial charge in [0.25, 0.3) is 0 Å². The lowest BCUT2D eigenvalue weighted by Crippen LogP contribution is -2.21. The molecule has 0 saturated carbocycles. The lowest BCUT2D eigenvalue weighted by Gasteiger charge is -2.14. The molecular formula is C14H17BrN4. The summed E-state index contributed by atoms with van der Waals surface area (Å²) >= 11 is 3.57. The molecule has 0 fully saturated rings. The minimum absolute atomic E-state index is 0.214. The number of rotatable bonds is 4. The molecule has 1 aliphatic rings. The number of benzene rings is 1. The Kier molecular flexibility index (Phi) is 3.66. The summed E-state index contributed by atoms with van der Waals surface area (Å²) in [5.74, 6) is 2.18. The van der Waals surface area contributed by atoms with Gasteiger partial charge in [0.05, 0.1) is 6.04 Å². The summed E-state index contributed by atoms with van der Waals surface area (Å²) in [6, 6.07) is 8.49. The van der Waals surface area contributed by atoms with E-state index in [-0.39, 0.29) is 6.04 Å². The fourth-order valence-corrected chi connectivity index (χ4v) is 2.91. The van der Waals surface area contributed by atoms with Gasteiger partial charge in [0.1, 0.15) is 11.6 Å². The molecule has 0 radical (unpaired) electrons. The molecule has 0 amide bonds. The van der Waals surface area contributed by atoms with E-state index in [0.717, 1.165) is 35.6 Å². The zero-order valence-corrected chi connectivity index (χ0v) is 12.5. The molecular weight excluding hydrogens is 304 g/mol. The first-order chi connectivity index (χ1) is 9.25. The van der Waals surface area contributed by atoms with Gasteiger partial charge in [0.15, 0.2) is 0 Å². The molecule has 1 aromatic heterocycles. The van der Waals surface area contributed by atoms with Crippen LogP contribution in [0, 0.1) is 0 Å². The van der Waals surface area contributed by atoms with Gasteiger partial charge in [-0.05, 0) is 25.0 Å². The van der Waals surface area contributed by atoms with Crippen molar-refractivity contribution in [2.45, 2.75) is 38.9 Å². The van der Waals surface area contributed by atoms with Gasteiger partial charge in [-0.25, -0.2) is 0 Å². The number of aromatic nitrogens is 3. The Balaban J connectivity index is 1.68. The quantitative estimate of drug-likeness (QED) is 0.942. The maximum Gasteiger partial charge on any atom is 0.149 e. The zero-order valence-electron chi connectivity index (χ0n) is 10.9. The molecule has 1 aliphatic heterocycles. The van der Waals surface area contributed by atoms with Crippen LogP contribution in [0.1, 0.15) is 36.6 Å². The third kappa shape index (κ3) is 2.58. The molecule has 0 unspecified atom stereocenters. The van der Waals surface area contributed by atoms with Crippen molar-refractivity contribution in [3.63, 3.8) is 0 Å². The number of hydrogen-bond donors (Lipinski definition) is 1. The van der Waals surface area contributed by atoms with Crippen molar-refractivity contribution in [2.75, 3.05) is 0 Å². The molecule has 1 atom stereocenters. The second-order valence-electron chi connectivity index (χ2n) is 4.92. The predicted molar refractivity (Wildman–Crippen MR) is 77.7 cm³/mol. The molecule has 3 rings (SSSR count). The highest BCUT2D eigenvalue weighted by molar-refractivity contribution is 9.10. The van der Waals surface area contributed by atoms with Crippen LogP contribution >= 0.6 is 15.9 Å². The number of fused-ring (bicyclic) bond motifs is 1. The number of halogens is 1. The maximum absolute atomic E-state index is 4.31. The van der Waals surface area contributed by atoms with Gasteiger partial charge in [0, 0.05) is 24.0 Å². The Morgan fingerprint density at radius 3 is 3.05 bits per heavy atom. The summed E-state index contributed by atoms with van der Waals surface area (Å²) in [5.41, 5.74) is 1.26. The van der Waals surface area contributed by atoms with Crippen LogP contribution in [0.2, 0.25) is 0 Å². The van der Waals surface area contributed by atoms with Gasteiger partial charge in [0.2, 0.25) is 0 Å². The van der Waals surface area contributed by atoms with Crippen molar-refractivity contribution in [3.8, 4) is 0 Å². The Labute approximate surface area is 121 Å². The van der Waals surface area contributed by atoms with E-state index in [9.17, 15) is 0 Å². The van der Waals surface area contributed by atoms with Crippen molar-refractivity contribution < 1.29 is 0 Å². The summed E-state index contributed by atoms with van der Waals surface area (Å²) in [6.45, 7) is 4.02. The van der Waals surface area contributed by atoms with E-state index < -0.39 is 0 Å². The second kappa shape index (κ2) is 5.43. The molecule has 4 nitrogen and oxygen atoms in total. The maximum atomic E-state index is 4.31. The van der Waals surface area contributed by atoms with E-state index >= 15 is 0 Å². The first-order valence-corrected chi connectivity index (χ1v) is 7.44. The molecule has 2 aromatic rings. The standard InChI is InChI=1S/C14H17BrN4/c1-10(14-18-17-13-7-4-8-19(13)14)16-9-11-5-2-3-6-12(11)15/h2-3,5-6,10,16H,4,7-9H2,1H3/t10-/m1/s1. The first-order valence-electron chi connectivity index (χ1n) is 6.64. The molecule has 1 N–H and O–H groups in total. The van der Waals surface area contributed by atoms with Crippen molar-refractivity contribution in [1.29, 1.82) is 0 Å². The Morgan fingerprint density at radius 1 is 1.37 bits per heavy atom.